The van der Waals surface area contributed by atoms with Crippen molar-refractivity contribution < 1.29 is 29.8 Å². The molecular formula is C18H40NiO3P. The molecule has 0 radical (unpaired) electrons. The number of hydrogen-bond acceptors (Lipinski definition) is 1. The van der Waals surface area contributed by atoms with Crippen LogP contribution >= 0.6 is 8.25 Å². The van der Waals surface area contributed by atoms with Crippen LogP contribution < -0.4 is 0 Å². The molecule has 0 aromatic carbocycles. The van der Waals surface area contributed by atoms with Crippen LogP contribution in [0.2, 0.25) is 5.39 Å². The molecule has 3 nitrogen and oxygen atoms in total. The van der Waals surface area contributed by atoms with Crippen molar-refractivity contribution in [2.75, 3.05) is 0 Å². The van der Waals surface area contributed by atoms with Crippen molar-refractivity contribution in [3.63, 3.8) is 0 Å². The van der Waals surface area contributed by atoms with Crippen molar-refractivity contribution >= 4 is 8.25 Å². The first-order valence-corrected chi connectivity index (χ1v) is 11.6. The van der Waals surface area contributed by atoms with Gasteiger partial charge in [0.2, 0.25) is 0 Å². The van der Waals surface area contributed by atoms with E-state index in [2.05, 4.69) is 22.4 Å². The molecule has 0 bridgehead atoms. The first-order valence-electron chi connectivity index (χ1n) is 9.58. The van der Waals surface area contributed by atoms with E-state index in [1.807, 2.05) is 0 Å². The Morgan fingerprint density at radius 2 is 0.826 bits per heavy atom. The molecule has 2 N–H and O–H groups in total. The molecule has 0 aliphatic rings. The maximum atomic E-state index is 8.74. The minimum Gasteiger partial charge on any atom is -0.326 e. The average molecular weight is 394 g/mol. The van der Waals surface area contributed by atoms with Crippen molar-refractivity contribution in [2.24, 2.45) is 0 Å². The van der Waals surface area contributed by atoms with Crippen LogP contribution in [0, 0.1) is 0 Å². The van der Waals surface area contributed by atoms with Crippen molar-refractivity contribution in [1.82, 2.24) is 0 Å². The van der Waals surface area contributed by atoms with Gasteiger partial charge in [-0.2, -0.15) is 0 Å². The molecule has 23 heavy (non-hydrogen) atoms. The van der Waals surface area contributed by atoms with E-state index in [-0.39, 0.29) is 0 Å². The van der Waals surface area contributed by atoms with E-state index in [0.717, 1.165) is 5.39 Å². The maximum absolute atomic E-state index is 8.74. The van der Waals surface area contributed by atoms with Gasteiger partial charge >= 0.3 is 99.7 Å². The van der Waals surface area contributed by atoms with Gasteiger partial charge in [0.05, 0.1) is 0 Å². The molecule has 0 rings (SSSR count). The summed E-state index contributed by atoms with van der Waals surface area (Å²) < 4.78 is 8.74. The molecule has 0 aromatic heterocycles. The molecular weight excluding hydrogens is 354 g/mol. The zero-order valence-electron chi connectivity index (χ0n) is 15.1. The van der Waals surface area contributed by atoms with Gasteiger partial charge in [-0.05, 0) is 0 Å². The molecule has 0 aromatic rings. The summed E-state index contributed by atoms with van der Waals surface area (Å²) in [7, 11) is -3.13. The van der Waals surface area contributed by atoms with E-state index in [0.29, 0.717) is 0 Å². The van der Waals surface area contributed by atoms with Crippen molar-refractivity contribution in [2.45, 2.75) is 115 Å². The van der Waals surface area contributed by atoms with Gasteiger partial charge in [0.1, 0.15) is 0 Å². The second-order valence-corrected chi connectivity index (χ2v) is 7.30. The van der Waals surface area contributed by atoms with Crippen LogP contribution in [0.15, 0.2) is 0 Å². The van der Waals surface area contributed by atoms with E-state index in [1.54, 1.807) is 0 Å². The van der Waals surface area contributed by atoms with Crippen LogP contribution in [0.1, 0.15) is 110 Å². The standard InChI is InChI=1S/C18H37.Ni.H3O3P/c1-3-5-7-9-11-13-15-17-18-16-14-12-10-8-6-4-2;;1-4(2)3/h1,3-18H2,2H3;;4H,(H2,1,2,3). The molecule has 145 valence electrons. The Labute approximate surface area is 153 Å². The molecule has 5 heteroatoms. The smallest absolute Gasteiger partial charge is 0.314 e. The molecule has 0 atom stereocenters. The molecule has 0 saturated heterocycles. The predicted molar refractivity (Wildman–Crippen MR) is 97.8 cm³/mol. The molecule has 0 aliphatic carbocycles. The third-order valence-corrected chi connectivity index (χ3v) is 4.31. The molecule has 0 fully saturated rings. The third kappa shape index (κ3) is 34.8. The second-order valence-electron chi connectivity index (χ2n) is 6.24. The molecule has 0 spiro atoms. The van der Waals surface area contributed by atoms with Crippen LogP contribution in [0.25, 0.3) is 0 Å². The first kappa shape index (κ1) is 25.9. The summed E-state index contributed by atoms with van der Waals surface area (Å²) in [6.07, 6.45) is 23.0. The minimum atomic E-state index is -3.13. The number of rotatable bonds is 16. The van der Waals surface area contributed by atoms with Gasteiger partial charge in [0, 0.05) is 0 Å². The van der Waals surface area contributed by atoms with Gasteiger partial charge in [-0.25, -0.2) is 0 Å². The van der Waals surface area contributed by atoms with Gasteiger partial charge in [-0.15, -0.1) is 0 Å². The van der Waals surface area contributed by atoms with Crippen LogP contribution in [-0.2, 0) is 20.0 Å². The predicted octanol–water partition coefficient (Wildman–Crippen LogP) is 6.57. The van der Waals surface area contributed by atoms with E-state index in [9.17, 15) is 0 Å². The van der Waals surface area contributed by atoms with Gasteiger partial charge in [-0.3, -0.25) is 4.57 Å². The van der Waals surface area contributed by atoms with E-state index >= 15 is 0 Å². The van der Waals surface area contributed by atoms with Crippen LogP contribution in [-0.4, -0.2) is 9.79 Å². The Morgan fingerprint density at radius 1 is 0.609 bits per heavy atom. The Hall–Kier alpha value is 0.644. The summed E-state index contributed by atoms with van der Waals surface area (Å²) in [5, 5.41) is 0.998. The quantitative estimate of drug-likeness (QED) is 0.177. The Morgan fingerprint density at radius 3 is 1.04 bits per heavy atom. The molecule has 0 unspecified atom stereocenters. The molecule has 0 aliphatic heterocycles. The van der Waals surface area contributed by atoms with Crippen molar-refractivity contribution in [1.29, 1.82) is 0 Å². The third-order valence-electron chi connectivity index (χ3n) is 3.97. The first-order chi connectivity index (χ1) is 11.1. The van der Waals surface area contributed by atoms with Gasteiger partial charge in [0.15, 0.2) is 0 Å². The monoisotopic (exact) mass is 393 g/mol. The fourth-order valence-electron chi connectivity index (χ4n) is 2.63. The Bertz CT molecular complexity index is 208. The summed E-state index contributed by atoms with van der Waals surface area (Å²) in [5.41, 5.74) is 0. The topological polar surface area (TPSA) is 57.5 Å². The van der Waals surface area contributed by atoms with Crippen LogP contribution in [0.3, 0.4) is 0 Å². The summed E-state index contributed by atoms with van der Waals surface area (Å²) >= 11 is 4.69. The van der Waals surface area contributed by atoms with Gasteiger partial charge in [-0.1, -0.05) is 39.0 Å². The molecule has 0 saturated carbocycles. The zero-order chi connectivity index (χ0) is 17.6. The van der Waals surface area contributed by atoms with Crippen LogP contribution in [0.5, 0.6) is 0 Å². The van der Waals surface area contributed by atoms with Crippen LogP contribution in [0.4, 0.5) is 0 Å². The molecule has 0 heterocycles. The maximum Gasteiger partial charge on any atom is 0.314 e. The molecule has 0 amide bonds. The minimum absolute atomic E-state index is 0.998. The fourth-order valence-corrected chi connectivity index (χ4v) is 2.87. The van der Waals surface area contributed by atoms with Gasteiger partial charge in [0.25, 0.3) is 0 Å². The Balaban J connectivity index is 0. The average Bonchev–Trinajstić information content (AvgIpc) is 2.50. The van der Waals surface area contributed by atoms with E-state index in [4.69, 9.17) is 14.4 Å². The number of unbranched alkanes of at least 4 members (excludes halogenated alkanes) is 15. The summed E-state index contributed by atoms with van der Waals surface area (Å²) in [4.78, 5) is 14.3. The van der Waals surface area contributed by atoms with Crippen molar-refractivity contribution in [3.05, 3.63) is 0 Å². The second kappa shape index (κ2) is 24.9. The summed E-state index contributed by atoms with van der Waals surface area (Å²) in [6.45, 7) is 2.29. The summed E-state index contributed by atoms with van der Waals surface area (Å²) in [5.74, 6) is 0. The zero-order valence-corrected chi connectivity index (χ0v) is 17.1. The van der Waals surface area contributed by atoms with E-state index < -0.39 is 8.25 Å². The SMILES string of the molecule is CCCCCCCCCCCCCCCCC[CH2][Ni].O=[PH](O)O. The largest absolute Gasteiger partial charge is 0.326 e. The van der Waals surface area contributed by atoms with E-state index in [1.165, 1.54) is 103 Å². The number of hydrogen-bond donors (Lipinski definition) is 2. The van der Waals surface area contributed by atoms with Gasteiger partial charge < -0.3 is 9.79 Å². The normalized spacial score (nSPS) is 10.7. The fraction of sp³-hybridized carbons (Fsp3) is 1.00. The Kier molecular flexibility index (Phi) is 28.0. The van der Waals surface area contributed by atoms with Crippen molar-refractivity contribution in [3.8, 4) is 0 Å². The summed E-state index contributed by atoms with van der Waals surface area (Å²) in [6, 6.07) is 0.